The zero-order chi connectivity index (χ0) is 12.3. The predicted molar refractivity (Wildman–Crippen MR) is 62.4 cm³/mol. The average Bonchev–Trinajstić information content (AvgIpc) is 2.33. The Morgan fingerprint density at radius 1 is 1.29 bits per heavy atom. The van der Waals surface area contributed by atoms with Gasteiger partial charge in [0.25, 0.3) is 5.92 Å². The SMILES string of the molecule is Oc1ccc(CC(F)(F)C2CCCNC2)cc1. The fraction of sp³-hybridized carbons (Fsp3) is 0.538. The maximum Gasteiger partial charge on any atom is 0.256 e. The van der Waals surface area contributed by atoms with E-state index in [1.54, 1.807) is 12.1 Å². The highest BCUT2D eigenvalue weighted by Gasteiger charge is 2.39. The number of aromatic hydroxyl groups is 1. The topological polar surface area (TPSA) is 32.3 Å². The van der Waals surface area contributed by atoms with Gasteiger partial charge in [-0.25, -0.2) is 8.78 Å². The van der Waals surface area contributed by atoms with Gasteiger partial charge in [0, 0.05) is 18.9 Å². The van der Waals surface area contributed by atoms with Crippen LogP contribution in [0.3, 0.4) is 0 Å². The zero-order valence-corrected chi connectivity index (χ0v) is 9.63. The number of piperidine rings is 1. The molecule has 0 bridgehead atoms. The van der Waals surface area contributed by atoms with E-state index in [4.69, 9.17) is 5.11 Å². The number of halogens is 2. The molecular formula is C13H17F2NO. The van der Waals surface area contributed by atoms with Crippen LogP contribution in [0.25, 0.3) is 0 Å². The molecule has 4 heteroatoms. The number of alkyl halides is 2. The summed E-state index contributed by atoms with van der Waals surface area (Å²) in [6, 6.07) is 6.01. The van der Waals surface area contributed by atoms with Gasteiger partial charge in [0.2, 0.25) is 0 Å². The molecule has 0 aromatic heterocycles. The van der Waals surface area contributed by atoms with Gasteiger partial charge in [-0.2, -0.15) is 0 Å². The minimum Gasteiger partial charge on any atom is -0.508 e. The van der Waals surface area contributed by atoms with Crippen LogP contribution in [0, 0.1) is 5.92 Å². The summed E-state index contributed by atoms with van der Waals surface area (Å²) in [6.07, 6.45) is 1.15. The molecule has 0 amide bonds. The Morgan fingerprint density at radius 2 is 2.00 bits per heavy atom. The van der Waals surface area contributed by atoms with E-state index < -0.39 is 11.8 Å². The number of hydrogen-bond acceptors (Lipinski definition) is 2. The molecule has 0 saturated carbocycles. The highest BCUT2D eigenvalue weighted by molar-refractivity contribution is 5.26. The molecule has 1 heterocycles. The third-order valence-corrected chi connectivity index (χ3v) is 3.27. The molecule has 1 aliphatic heterocycles. The standard InChI is InChI=1S/C13H17F2NO/c14-13(15,11-2-1-7-16-9-11)8-10-3-5-12(17)6-4-10/h3-6,11,16-17H,1-2,7-9H2. The number of phenols is 1. The number of rotatable bonds is 3. The van der Waals surface area contributed by atoms with Crippen LogP contribution in [0.1, 0.15) is 18.4 Å². The minimum atomic E-state index is -2.68. The highest BCUT2D eigenvalue weighted by Crippen LogP contribution is 2.33. The number of benzene rings is 1. The second-order valence-electron chi connectivity index (χ2n) is 4.65. The Hall–Kier alpha value is -1.16. The van der Waals surface area contributed by atoms with Crippen molar-refractivity contribution in [2.45, 2.75) is 25.2 Å². The molecule has 2 rings (SSSR count). The highest BCUT2D eigenvalue weighted by atomic mass is 19.3. The van der Waals surface area contributed by atoms with Gasteiger partial charge >= 0.3 is 0 Å². The van der Waals surface area contributed by atoms with Crippen molar-refractivity contribution in [2.75, 3.05) is 13.1 Å². The van der Waals surface area contributed by atoms with Gasteiger partial charge in [-0.15, -0.1) is 0 Å². The summed E-state index contributed by atoms with van der Waals surface area (Å²) in [5, 5.41) is 12.1. The van der Waals surface area contributed by atoms with Gasteiger partial charge in [0.15, 0.2) is 0 Å². The summed E-state index contributed by atoms with van der Waals surface area (Å²) in [7, 11) is 0. The second-order valence-corrected chi connectivity index (χ2v) is 4.65. The second kappa shape index (κ2) is 5.00. The Balaban J connectivity index is 2.02. The lowest BCUT2D eigenvalue weighted by Gasteiger charge is -2.30. The molecule has 1 aliphatic rings. The summed E-state index contributed by atoms with van der Waals surface area (Å²) in [6.45, 7) is 1.23. The van der Waals surface area contributed by atoms with Gasteiger partial charge in [-0.3, -0.25) is 0 Å². The lowest BCUT2D eigenvalue weighted by molar-refractivity contribution is -0.0647. The zero-order valence-electron chi connectivity index (χ0n) is 9.63. The summed E-state index contributed by atoms with van der Waals surface area (Å²) in [4.78, 5) is 0. The molecule has 2 nitrogen and oxygen atoms in total. The molecule has 94 valence electrons. The first-order valence-corrected chi connectivity index (χ1v) is 5.94. The number of nitrogens with one attached hydrogen (secondary N) is 1. The Kier molecular flexibility index (Phi) is 3.62. The van der Waals surface area contributed by atoms with Gasteiger partial charge in [-0.1, -0.05) is 12.1 Å². The molecule has 0 spiro atoms. The molecule has 17 heavy (non-hydrogen) atoms. The van der Waals surface area contributed by atoms with E-state index in [9.17, 15) is 8.78 Å². The van der Waals surface area contributed by atoms with Crippen LogP contribution in [-0.4, -0.2) is 24.1 Å². The van der Waals surface area contributed by atoms with Crippen molar-refractivity contribution in [2.24, 2.45) is 5.92 Å². The maximum atomic E-state index is 14.0. The summed E-state index contributed by atoms with van der Waals surface area (Å²) >= 11 is 0. The fourth-order valence-electron chi connectivity index (χ4n) is 2.24. The van der Waals surface area contributed by atoms with Gasteiger partial charge in [-0.05, 0) is 37.1 Å². The van der Waals surface area contributed by atoms with Crippen molar-refractivity contribution < 1.29 is 13.9 Å². The third kappa shape index (κ3) is 3.16. The Bertz CT molecular complexity index is 358. The van der Waals surface area contributed by atoms with E-state index in [1.807, 2.05) is 0 Å². The minimum absolute atomic E-state index is 0.108. The van der Waals surface area contributed by atoms with Crippen molar-refractivity contribution >= 4 is 0 Å². The molecule has 2 N–H and O–H groups in total. The lowest BCUT2D eigenvalue weighted by atomic mass is 9.89. The summed E-state index contributed by atoms with van der Waals surface area (Å²) < 4.78 is 28.0. The largest absolute Gasteiger partial charge is 0.508 e. The van der Waals surface area contributed by atoms with Gasteiger partial charge in [0.1, 0.15) is 5.75 Å². The van der Waals surface area contributed by atoms with E-state index in [1.165, 1.54) is 12.1 Å². The molecule has 1 unspecified atom stereocenters. The lowest BCUT2D eigenvalue weighted by Crippen LogP contribution is -2.41. The number of hydrogen-bond donors (Lipinski definition) is 2. The number of phenolic OH excluding ortho intramolecular Hbond substituents is 1. The molecule has 0 aliphatic carbocycles. The van der Waals surface area contributed by atoms with Crippen molar-refractivity contribution in [3.05, 3.63) is 29.8 Å². The van der Waals surface area contributed by atoms with Crippen LogP contribution in [0.2, 0.25) is 0 Å². The summed E-state index contributed by atoms with van der Waals surface area (Å²) in [5.41, 5.74) is 0.568. The Labute approximate surface area is 99.7 Å². The third-order valence-electron chi connectivity index (χ3n) is 3.27. The van der Waals surface area contributed by atoms with E-state index in [2.05, 4.69) is 5.32 Å². The van der Waals surface area contributed by atoms with Crippen LogP contribution in [0.4, 0.5) is 8.78 Å². The van der Waals surface area contributed by atoms with Crippen molar-refractivity contribution in [3.63, 3.8) is 0 Å². The summed E-state index contributed by atoms with van der Waals surface area (Å²) in [5.74, 6) is -3.15. The van der Waals surface area contributed by atoms with Crippen LogP contribution in [-0.2, 0) is 6.42 Å². The average molecular weight is 241 g/mol. The van der Waals surface area contributed by atoms with Crippen molar-refractivity contribution in [1.82, 2.24) is 5.32 Å². The first-order chi connectivity index (χ1) is 8.08. The van der Waals surface area contributed by atoms with E-state index >= 15 is 0 Å². The maximum absolute atomic E-state index is 14.0. The van der Waals surface area contributed by atoms with Gasteiger partial charge in [0.05, 0.1) is 0 Å². The molecule has 1 aromatic carbocycles. The first kappa shape index (κ1) is 12.3. The molecule has 0 radical (unpaired) electrons. The quantitative estimate of drug-likeness (QED) is 0.852. The molecule has 1 fully saturated rings. The molecular weight excluding hydrogens is 224 g/mol. The molecule has 1 aromatic rings. The smallest absolute Gasteiger partial charge is 0.256 e. The van der Waals surface area contributed by atoms with Crippen LogP contribution < -0.4 is 5.32 Å². The van der Waals surface area contributed by atoms with Crippen molar-refractivity contribution in [3.8, 4) is 5.75 Å². The van der Waals surface area contributed by atoms with E-state index in [0.29, 0.717) is 18.5 Å². The van der Waals surface area contributed by atoms with Crippen LogP contribution in [0.5, 0.6) is 5.75 Å². The van der Waals surface area contributed by atoms with Crippen LogP contribution >= 0.6 is 0 Å². The van der Waals surface area contributed by atoms with Gasteiger partial charge < -0.3 is 10.4 Å². The first-order valence-electron chi connectivity index (χ1n) is 5.94. The van der Waals surface area contributed by atoms with Crippen LogP contribution in [0.15, 0.2) is 24.3 Å². The normalized spacial score (nSPS) is 21.4. The molecule has 1 saturated heterocycles. The van der Waals surface area contributed by atoms with E-state index in [0.717, 1.165) is 13.0 Å². The van der Waals surface area contributed by atoms with E-state index in [-0.39, 0.29) is 12.2 Å². The van der Waals surface area contributed by atoms with Crippen molar-refractivity contribution in [1.29, 1.82) is 0 Å². The Morgan fingerprint density at radius 3 is 2.59 bits per heavy atom. The molecule has 1 atom stereocenters. The predicted octanol–water partition coefficient (Wildman–Crippen LogP) is 2.57. The monoisotopic (exact) mass is 241 g/mol. The fourth-order valence-corrected chi connectivity index (χ4v) is 2.24.